The van der Waals surface area contributed by atoms with Crippen LogP contribution >= 0.6 is 0 Å². The Hall–Kier alpha value is -3.27. The molecule has 1 saturated heterocycles. The van der Waals surface area contributed by atoms with Gasteiger partial charge in [-0.05, 0) is 63.9 Å². The van der Waals surface area contributed by atoms with Gasteiger partial charge in [-0.2, -0.15) is 13.2 Å². The molecule has 0 aliphatic carbocycles. The lowest BCUT2D eigenvalue weighted by Gasteiger charge is -2.32. The number of nitrogens with zero attached hydrogens (tertiary/aromatic N) is 2. The molecular formula is C26H31F3N4O3. The van der Waals surface area contributed by atoms with Crippen molar-refractivity contribution in [2.24, 2.45) is 5.92 Å². The van der Waals surface area contributed by atoms with Crippen LogP contribution in [0.15, 0.2) is 30.3 Å². The van der Waals surface area contributed by atoms with Gasteiger partial charge in [0.1, 0.15) is 17.2 Å². The Morgan fingerprint density at radius 3 is 2.50 bits per heavy atom. The summed E-state index contributed by atoms with van der Waals surface area (Å²) < 4.78 is 57.6. The topological polar surface area (TPSA) is 91.5 Å². The third kappa shape index (κ3) is 5.43. The Labute approximate surface area is 208 Å². The summed E-state index contributed by atoms with van der Waals surface area (Å²) in [6, 6.07) is 6.60. The van der Waals surface area contributed by atoms with E-state index in [4.69, 9.17) is 19.9 Å². The number of alkyl halides is 3. The standard InChI is InChI=1S/C26H31F3N4O3/c1-14(16-8-18(26(27,28)29)10-19(30)9-16)31-24-20-11-23(36-25(3,4)17-6-7-35-13-17)22(34-5)12-21(20)32-15(2)33-24/h8-12,14,17H,6-7,13,30H2,1-5H3,(H,31,32,33)/t14-,17?/m1/s1. The second-order valence-corrected chi connectivity index (χ2v) is 9.66. The van der Waals surface area contributed by atoms with Crippen molar-refractivity contribution in [2.75, 3.05) is 31.4 Å². The van der Waals surface area contributed by atoms with Gasteiger partial charge in [0.15, 0.2) is 11.5 Å². The fraction of sp³-hybridized carbons (Fsp3) is 0.462. The average Bonchev–Trinajstić information content (AvgIpc) is 3.34. The van der Waals surface area contributed by atoms with E-state index in [1.807, 2.05) is 13.8 Å². The van der Waals surface area contributed by atoms with Crippen LogP contribution in [-0.4, -0.2) is 35.9 Å². The molecule has 2 heterocycles. The molecule has 3 N–H and O–H groups in total. The molecule has 1 aliphatic rings. The van der Waals surface area contributed by atoms with Crippen LogP contribution in [0.2, 0.25) is 0 Å². The first kappa shape index (κ1) is 25.8. The van der Waals surface area contributed by atoms with Crippen molar-refractivity contribution in [2.45, 2.75) is 51.9 Å². The Bertz CT molecular complexity index is 1260. The second kappa shape index (κ2) is 9.65. The number of ether oxygens (including phenoxy) is 3. The molecule has 36 heavy (non-hydrogen) atoms. The fourth-order valence-electron chi connectivity index (χ4n) is 4.43. The van der Waals surface area contributed by atoms with Gasteiger partial charge >= 0.3 is 6.18 Å². The van der Waals surface area contributed by atoms with Gasteiger partial charge in [-0.15, -0.1) is 0 Å². The largest absolute Gasteiger partial charge is 0.493 e. The Balaban J connectivity index is 1.72. The summed E-state index contributed by atoms with van der Waals surface area (Å²) in [5, 5.41) is 3.89. The highest BCUT2D eigenvalue weighted by molar-refractivity contribution is 5.92. The molecule has 0 saturated carbocycles. The van der Waals surface area contributed by atoms with Crippen LogP contribution in [0.4, 0.5) is 24.7 Å². The monoisotopic (exact) mass is 504 g/mol. The first-order chi connectivity index (χ1) is 16.9. The molecule has 7 nitrogen and oxygen atoms in total. The number of halogens is 3. The molecule has 10 heteroatoms. The van der Waals surface area contributed by atoms with Crippen molar-refractivity contribution in [3.8, 4) is 11.5 Å². The minimum Gasteiger partial charge on any atom is -0.493 e. The van der Waals surface area contributed by atoms with E-state index in [1.165, 1.54) is 6.07 Å². The number of rotatable bonds is 7. The van der Waals surface area contributed by atoms with E-state index in [2.05, 4.69) is 15.3 Å². The molecule has 2 atom stereocenters. The minimum atomic E-state index is -4.50. The van der Waals surface area contributed by atoms with Crippen molar-refractivity contribution in [1.29, 1.82) is 0 Å². The molecule has 3 aromatic rings. The number of anilines is 2. The van der Waals surface area contributed by atoms with Crippen LogP contribution in [0, 0.1) is 12.8 Å². The summed E-state index contributed by atoms with van der Waals surface area (Å²) in [5.41, 5.74) is 5.50. The molecule has 0 spiro atoms. The molecule has 1 aliphatic heterocycles. The maximum atomic E-state index is 13.3. The lowest BCUT2D eigenvalue weighted by Crippen LogP contribution is -2.38. The molecule has 1 fully saturated rings. The Morgan fingerprint density at radius 2 is 1.86 bits per heavy atom. The summed E-state index contributed by atoms with van der Waals surface area (Å²) in [7, 11) is 1.56. The third-order valence-corrected chi connectivity index (χ3v) is 6.54. The van der Waals surface area contributed by atoms with E-state index in [0.29, 0.717) is 52.8 Å². The maximum absolute atomic E-state index is 13.3. The van der Waals surface area contributed by atoms with Crippen molar-refractivity contribution in [3.05, 3.63) is 47.3 Å². The quantitative estimate of drug-likeness (QED) is 0.386. The molecule has 0 bridgehead atoms. The molecule has 4 rings (SSSR count). The van der Waals surface area contributed by atoms with Crippen molar-refractivity contribution in [3.63, 3.8) is 0 Å². The van der Waals surface area contributed by atoms with E-state index in [9.17, 15) is 13.2 Å². The van der Waals surface area contributed by atoms with E-state index in [0.717, 1.165) is 18.6 Å². The number of hydrogen-bond acceptors (Lipinski definition) is 7. The predicted molar refractivity (Wildman–Crippen MR) is 132 cm³/mol. The van der Waals surface area contributed by atoms with Crippen LogP contribution in [0.3, 0.4) is 0 Å². The summed E-state index contributed by atoms with van der Waals surface area (Å²) >= 11 is 0. The zero-order valence-electron chi connectivity index (χ0n) is 21.0. The van der Waals surface area contributed by atoms with Gasteiger partial charge in [0.25, 0.3) is 0 Å². The zero-order valence-corrected chi connectivity index (χ0v) is 21.0. The van der Waals surface area contributed by atoms with Crippen molar-refractivity contribution >= 4 is 22.4 Å². The summed E-state index contributed by atoms with van der Waals surface area (Å²) in [5.74, 6) is 2.23. The highest BCUT2D eigenvalue weighted by Gasteiger charge is 2.35. The van der Waals surface area contributed by atoms with Crippen molar-refractivity contribution < 1.29 is 27.4 Å². The van der Waals surface area contributed by atoms with Gasteiger partial charge < -0.3 is 25.3 Å². The van der Waals surface area contributed by atoms with Gasteiger partial charge in [-0.3, -0.25) is 0 Å². The normalized spacial score (nSPS) is 17.3. The van der Waals surface area contributed by atoms with Gasteiger partial charge in [-0.1, -0.05) is 0 Å². The van der Waals surface area contributed by atoms with Crippen molar-refractivity contribution in [1.82, 2.24) is 9.97 Å². The molecular weight excluding hydrogens is 473 g/mol. The number of aromatic nitrogens is 2. The van der Waals surface area contributed by atoms with Crippen LogP contribution in [0.1, 0.15) is 50.2 Å². The third-order valence-electron chi connectivity index (χ3n) is 6.54. The highest BCUT2D eigenvalue weighted by atomic mass is 19.4. The Kier molecular flexibility index (Phi) is 6.92. The van der Waals surface area contributed by atoms with E-state index in [-0.39, 0.29) is 11.6 Å². The molecule has 0 radical (unpaired) electrons. The van der Waals surface area contributed by atoms with Gasteiger partial charge in [-0.25, -0.2) is 9.97 Å². The first-order valence-corrected chi connectivity index (χ1v) is 11.7. The first-order valence-electron chi connectivity index (χ1n) is 11.7. The van der Waals surface area contributed by atoms with Gasteiger partial charge in [0, 0.05) is 29.7 Å². The highest BCUT2D eigenvalue weighted by Crippen LogP contribution is 2.40. The smallest absolute Gasteiger partial charge is 0.416 e. The number of aryl methyl sites for hydroxylation is 1. The SMILES string of the molecule is COc1cc2nc(C)nc(N[C@H](C)c3cc(N)cc(C(F)(F)F)c3)c2cc1OC(C)(C)C1CCOC1. The predicted octanol–water partition coefficient (Wildman–Crippen LogP) is 5.91. The second-order valence-electron chi connectivity index (χ2n) is 9.66. The number of nitrogens with two attached hydrogens (primary N) is 1. The van der Waals surface area contributed by atoms with Crippen LogP contribution in [0.25, 0.3) is 10.9 Å². The molecule has 194 valence electrons. The summed E-state index contributed by atoms with van der Waals surface area (Å²) in [6.07, 6.45) is -3.60. The van der Waals surface area contributed by atoms with E-state index >= 15 is 0 Å². The Morgan fingerprint density at radius 1 is 1.11 bits per heavy atom. The zero-order chi connectivity index (χ0) is 26.3. The van der Waals surface area contributed by atoms with Crippen LogP contribution < -0.4 is 20.5 Å². The molecule has 1 unspecified atom stereocenters. The molecule has 0 amide bonds. The number of fused-ring (bicyclic) bond motifs is 1. The number of nitrogen functional groups attached to an aromatic ring is 1. The van der Waals surface area contributed by atoms with Crippen LogP contribution in [0.5, 0.6) is 11.5 Å². The van der Waals surface area contributed by atoms with E-state index in [1.54, 1.807) is 33.1 Å². The molecule has 1 aromatic heterocycles. The molecule has 2 aromatic carbocycles. The maximum Gasteiger partial charge on any atom is 0.416 e. The number of methoxy groups -OCH3 is 1. The fourth-order valence-corrected chi connectivity index (χ4v) is 4.43. The number of benzene rings is 2. The summed E-state index contributed by atoms with van der Waals surface area (Å²) in [4.78, 5) is 9.06. The minimum absolute atomic E-state index is 0.0377. The lowest BCUT2D eigenvalue weighted by atomic mass is 9.90. The van der Waals surface area contributed by atoms with E-state index < -0.39 is 23.4 Å². The number of hydrogen-bond donors (Lipinski definition) is 2. The average molecular weight is 505 g/mol. The van der Waals surface area contributed by atoms with Gasteiger partial charge in [0.2, 0.25) is 0 Å². The lowest BCUT2D eigenvalue weighted by molar-refractivity contribution is -0.137. The number of nitrogens with one attached hydrogen (secondary N) is 1. The van der Waals surface area contributed by atoms with Crippen LogP contribution in [-0.2, 0) is 10.9 Å². The van der Waals surface area contributed by atoms with Gasteiger partial charge in [0.05, 0.1) is 30.8 Å². The summed E-state index contributed by atoms with van der Waals surface area (Å²) in [6.45, 7) is 8.85.